The summed E-state index contributed by atoms with van der Waals surface area (Å²) < 4.78 is 1.08. The highest BCUT2D eigenvalue weighted by molar-refractivity contribution is 9.10. The number of nitrogens with two attached hydrogens (primary N) is 1. The van der Waals surface area contributed by atoms with Crippen LogP contribution >= 0.6 is 15.9 Å². The predicted octanol–water partition coefficient (Wildman–Crippen LogP) is 2.33. The number of hydrogen-bond donors (Lipinski definition) is 2. The summed E-state index contributed by atoms with van der Waals surface area (Å²) in [6.07, 6.45) is 3.14. The van der Waals surface area contributed by atoms with Gasteiger partial charge in [0.25, 0.3) is 0 Å². The van der Waals surface area contributed by atoms with Crippen LogP contribution in [0.4, 0.5) is 5.95 Å². The smallest absolute Gasteiger partial charge is 0.244 e. The zero-order valence-electron chi connectivity index (χ0n) is 11.9. The van der Waals surface area contributed by atoms with E-state index in [4.69, 9.17) is 5.73 Å². The number of rotatable bonds is 4. The molecule has 2 aromatic rings. The maximum absolute atomic E-state index is 5.79. The van der Waals surface area contributed by atoms with E-state index < -0.39 is 0 Å². The maximum atomic E-state index is 5.79. The fourth-order valence-corrected chi connectivity index (χ4v) is 3.23. The third kappa shape index (κ3) is 3.63. The number of aromatic nitrogens is 3. The van der Waals surface area contributed by atoms with Gasteiger partial charge in [-0.1, -0.05) is 28.1 Å². The number of aromatic amines is 1. The van der Waals surface area contributed by atoms with E-state index in [1.807, 2.05) is 12.1 Å². The molecule has 1 unspecified atom stereocenters. The van der Waals surface area contributed by atoms with Crippen LogP contribution in [0.15, 0.2) is 28.7 Å². The van der Waals surface area contributed by atoms with Crippen molar-refractivity contribution >= 4 is 21.9 Å². The monoisotopic (exact) mass is 349 g/mol. The van der Waals surface area contributed by atoms with Crippen LogP contribution in [0.25, 0.3) is 0 Å². The Kier molecular flexibility index (Phi) is 4.55. The third-order valence-electron chi connectivity index (χ3n) is 3.92. The SMILES string of the molecule is NCC1CCCN(c2n[nH]c(Cc3cccc(Br)c3)n2)C1. The van der Waals surface area contributed by atoms with Crippen molar-refractivity contribution in [3.63, 3.8) is 0 Å². The van der Waals surface area contributed by atoms with E-state index in [2.05, 4.69) is 48.1 Å². The predicted molar refractivity (Wildman–Crippen MR) is 87.3 cm³/mol. The molecule has 1 fully saturated rings. The van der Waals surface area contributed by atoms with Crippen LogP contribution in [0.2, 0.25) is 0 Å². The molecule has 0 saturated carbocycles. The van der Waals surface area contributed by atoms with Crippen molar-refractivity contribution in [2.75, 3.05) is 24.5 Å². The Hall–Kier alpha value is -1.40. The lowest BCUT2D eigenvalue weighted by Gasteiger charge is -2.31. The molecule has 5 nitrogen and oxygen atoms in total. The van der Waals surface area contributed by atoms with E-state index in [0.29, 0.717) is 5.92 Å². The summed E-state index contributed by atoms with van der Waals surface area (Å²) in [5, 5.41) is 7.42. The van der Waals surface area contributed by atoms with Crippen LogP contribution in [0, 0.1) is 5.92 Å². The number of halogens is 1. The Morgan fingerprint density at radius 2 is 2.33 bits per heavy atom. The second-order valence-corrected chi connectivity index (χ2v) is 6.49. The summed E-state index contributed by atoms with van der Waals surface area (Å²) >= 11 is 3.49. The molecule has 0 aliphatic carbocycles. The van der Waals surface area contributed by atoms with Crippen molar-refractivity contribution in [3.05, 3.63) is 40.1 Å². The van der Waals surface area contributed by atoms with Gasteiger partial charge in [-0.05, 0) is 43.0 Å². The molecule has 1 aliphatic rings. The molecular formula is C15H20BrN5. The van der Waals surface area contributed by atoms with Gasteiger partial charge < -0.3 is 10.6 Å². The molecule has 1 aliphatic heterocycles. The van der Waals surface area contributed by atoms with Crippen LogP contribution in [0.3, 0.4) is 0 Å². The summed E-state index contributed by atoms with van der Waals surface area (Å²) in [6, 6.07) is 8.26. The fourth-order valence-electron chi connectivity index (χ4n) is 2.79. The topological polar surface area (TPSA) is 70.8 Å². The first-order valence-electron chi connectivity index (χ1n) is 7.35. The van der Waals surface area contributed by atoms with Gasteiger partial charge in [-0.3, -0.25) is 5.10 Å². The summed E-state index contributed by atoms with van der Waals surface area (Å²) in [5.74, 6) is 2.27. The third-order valence-corrected chi connectivity index (χ3v) is 4.41. The molecule has 1 atom stereocenters. The molecule has 6 heteroatoms. The van der Waals surface area contributed by atoms with Gasteiger partial charge >= 0.3 is 0 Å². The largest absolute Gasteiger partial charge is 0.339 e. The molecule has 3 rings (SSSR count). The van der Waals surface area contributed by atoms with Gasteiger partial charge in [-0.25, -0.2) is 0 Å². The minimum absolute atomic E-state index is 0.561. The van der Waals surface area contributed by atoms with Crippen molar-refractivity contribution in [2.24, 2.45) is 11.7 Å². The average molecular weight is 350 g/mol. The van der Waals surface area contributed by atoms with Crippen LogP contribution in [-0.4, -0.2) is 34.8 Å². The number of H-pyrrole nitrogens is 1. The van der Waals surface area contributed by atoms with E-state index in [-0.39, 0.29) is 0 Å². The minimum atomic E-state index is 0.561. The Morgan fingerprint density at radius 3 is 3.14 bits per heavy atom. The highest BCUT2D eigenvalue weighted by atomic mass is 79.9. The molecule has 21 heavy (non-hydrogen) atoms. The van der Waals surface area contributed by atoms with Gasteiger partial charge in [0, 0.05) is 24.0 Å². The molecule has 1 aromatic carbocycles. The number of nitrogens with one attached hydrogen (secondary N) is 1. The van der Waals surface area contributed by atoms with Crippen LogP contribution in [-0.2, 0) is 6.42 Å². The van der Waals surface area contributed by atoms with Gasteiger partial charge in [0.2, 0.25) is 5.95 Å². The number of nitrogens with zero attached hydrogens (tertiary/aromatic N) is 3. The average Bonchev–Trinajstić information content (AvgIpc) is 2.96. The van der Waals surface area contributed by atoms with Gasteiger partial charge in [0.05, 0.1) is 0 Å². The van der Waals surface area contributed by atoms with E-state index in [0.717, 1.165) is 48.7 Å². The summed E-state index contributed by atoms with van der Waals surface area (Å²) in [5.41, 5.74) is 7.00. The molecule has 0 radical (unpaired) electrons. The Labute approximate surface area is 133 Å². The highest BCUT2D eigenvalue weighted by Gasteiger charge is 2.21. The highest BCUT2D eigenvalue weighted by Crippen LogP contribution is 2.20. The van der Waals surface area contributed by atoms with Gasteiger partial charge in [0.15, 0.2) is 0 Å². The van der Waals surface area contributed by atoms with Crippen molar-refractivity contribution in [3.8, 4) is 0 Å². The first-order chi connectivity index (χ1) is 10.2. The van der Waals surface area contributed by atoms with E-state index in [9.17, 15) is 0 Å². The second-order valence-electron chi connectivity index (χ2n) is 5.58. The zero-order chi connectivity index (χ0) is 14.7. The van der Waals surface area contributed by atoms with Gasteiger partial charge in [-0.15, -0.1) is 5.10 Å². The minimum Gasteiger partial charge on any atom is -0.339 e. The van der Waals surface area contributed by atoms with Crippen molar-refractivity contribution in [1.29, 1.82) is 0 Å². The first-order valence-corrected chi connectivity index (χ1v) is 8.14. The second kappa shape index (κ2) is 6.58. The van der Waals surface area contributed by atoms with Crippen molar-refractivity contribution in [1.82, 2.24) is 15.2 Å². The van der Waals surface area contributed by atoms with Crippen LogP contribution in [0.5, 0.6) is 0 Å². The van der Waals surface area contributed by atoms with E-state index in [1.165, 1.54) is 12.0 Å². The normalized spacial score (nSPS) is 19.0. The number of benzene rings is 1. The molecule has 0 spiro atoms. The Balaban J connectivity index is 1.68. The fraction of sp³-hybridized carbons (Fsp3) is 0.467. The standard InChI is InChI=1S/C15H20BrN5/c16-13-5-1-3-11(7-13)8-14-18-15(20-19-14)21-6-2-4-12(9-17)10-21/h1,3,5,7,12H,2,4,6,8-10,17H2,(H,18,19,20). The van der Waals surface area contributed by atoms with Gasteiger partial charge in [0.1, 0.15) is 5.82 Å². The van der Waals surface area contributed by atoms with Crippen molar-refractivity contribution < 1.29 is 0 Å². The lowest BCUT2D eigenvalue weighted by Crippen LogP contribution is -2.39. The summed E-state index contributed by atoms with van der Waals surface area (Å²) in [4.78, 5) is 6.87. The molecule has 2 heterocycles. The molecule has 112 valence electrons. The molecule has 0 bridgehead atoms. The van der Waals surface area contributed by atoms with Crippen LogP contribution in [0.1, 0.15) is 24.2 Å². The summed E-state index contributed by atoms with van der Waals surface area (Å²) in [6.45, 7) is 2.72. The summed E-state index contributed by atoms with van der Waals surface area (Å²) in [7, 11) is 0. The van der Waals surface area contributed by atoms with E-state index in [1.54, 1.807) is 0 Å². The Morgan fingerprint density at radius 1 is 1.43 bits per heavy atom. The molecular weight excluding hydrogens is 330 g/mol. The first kappa shape index (κ1) is 14.5. The maximum Gasteiger partial charge on any atom is 0.244 e. The molecule has 1 aromatic heterocycles. The molecule has 3 N–H and O–H groups in total. The zero-order valence-corrected chi connectivity index (χ0v) is 13.5. The molecule has 1 saturated heterocycles. The molecule has 0 amide bonds. The number of anilines is 1. The number of hydrogen-bond acceptors (Lipinski definition) is 4. The lowest BCUT2D eigenvalue weighted by molar-refractivity contribution is 0.420. The van der Waals surface area contributed by atoms with Gasteiger partial charge in [-0.2, -0.15) is 4.98 Å². The van der Waals surface area contributed by atoms with Crippen LogP contribution < -0.4 is 10.6 Å². The van der Waals surface area contributed by atoms with E-state index >= 15 is 0 Å². The Bertz CT molecular complexity index is 597. The lowest BCUT2D eigenvalue weighted by atomic mass is 9.99. The van der Waals surface area contributed by atoms with Crippen molar-refractivity contribution in [2.45, 2.75) is 19.3 Å². The quantitative estimate of drug-likeness (QED) is 0.888. The number of piperidine rings is 1.